The van der Waals surface area contributed by atoms with Gasteiger partial charge in [-0.1, -0.05) is 37.3 Å². The molecule has 0 aliphatic heterocycles. The van der Waals surface area contributed by atoms with Crippen LogP contribution in [-0.4, -0.2) is 30.8 Å². The van der Waals surface area contributed by atoms with E-state index in [4.69, 9.17) is 0 Å². The molecule has 3 aromatic carbocycles. The monoisotopic (exact) mass is 458 g/mol. The first-order valence-corrected chi connectivity index (χ1v) is 11.3. The van der Waals surface area contributed by atoms with Crippen LogP contribution in [-0.2, 0) is 4.79 Å². The van der Waals surface area contributed by atoms with Crippen LogP contribution in [0.2, 0.25) is 0 Å². The van der Waals surface area contributed by atoms with Crippen molar-refractivity contribution in [1.29, 1.82) is 0 Å². The number of amides is 3. The molecule has 0 fully saturated rings. The maximum absolute atomic E-state index is 12.5. The average molecular weight is 459 g/mol. The van der Waals surface area contributed by atoms with Crippen molar-refractivity contribution in [1.82, 2.24) is 10.6 Å². The molecule has 7 nitrogen and oxygen atoms in total. The quantitative estimate of drug-likeness (QED) is 0.363. The minimum atomic E-state index is -0.223. The Morgan fingerprint density at radius 3 is 1.97 bits per heavy atom. The molecule has 0 aromatic heterocycles. The van der Waals surface area contributed by atoms with E-state index < -0.39 is 0 Å². The molecule has 0 heterocycles. The number of hydrogen-bond acceptors (Lipinski definition) is 4. The van der Waals surface area contributed by atoms with Crippen LogP contribution in [0.15, 0.2) is 78.9 Å². The van der Waals surface area contributed by atoms with Gasteiger partial charge in [-0.05, 0) is 67.4 Å². The Morgan fingerprint density at radius 1 is 0.765 bits per heavy atom. The molecule has 3 aromatic rings. The fourth-order valence-corrected chi connectivity index (χ4v) is 3.28. The Kier molecular flexibility index (Phi) is 8.80. The molecular formula is C27H30N4O3. The van der Waals surface area contributed by atoms with Gasteiger partial charge >= 0.3 is 0 Å². The summed E-state index contributed by atoms with van der Waals surface area (Å²) < 4.78 is 0. The van der Waals surface area contributed by atoms with Gasteiger partial charge in [0.25, 0.3) is 11.8 Å². The molecule has 0 aliphatic carbocycles. The molecule has 7 heteroatoms. The molecule has 176 valence electrons. The molecule has 0 saturated heterocycles. The molecule has 0 bridgehead atoms. The lowest BCUT2D eigenvalue weighted by molar-refractivity contribution is -0.114. The summed E-state index contributed by atoms with van der Waals surface area (Å²) in [4.78, 5) is 36.7. The SMILES string of the molecule is CCCNC(=O)c1ccc(NCC(=O)Nc2ccc(C(=O)NC(C)c3ccccc3)cc2)cc1. The summed E-state index contributed by atoms with van der Waals surface area (Å²) in [6, 6.07) is 23.3. The molecule has 1 unspecified atom stereocenters. The number of benzene rings is 3. The van der Waals surface area contributed by atoms with Gasteiger partial charge in [-0.25, -0.2) is 0 Å². The van der Waals surface area contributed by atoms with E-state index >= 15 is 0 Å². The maximum Gasteiger partial charge on any atom is 0.251 e. The Morgan fingerprint density at radius 2 is 1.35 bits per heavy atom. The van der Waals surface area contributed by atoms with Gasteiger partial charge in [0.15, 0.2) is 0 Å². The van der Waals surface area contributed by atoms with Crippen LogP contribution in [0, 0.1) is 0 Å². The van der Waals surface area contributed by atoms with Crippen molar-refractivity contribution < 1.29 is 14.4 Å². The fraction of sp³-hybridized carbons (Fsp3) is 0.222. The zero-order chi connectivity index (χ0) is 24.3. The molecule has 0 saturated carbocycles. The van der Waals surface area contributed by atoms with Gasteiger partial charge in [0.2, 0.25) is 5.91 Å². The van der Waals surface area contributed by atoms with Crippen molar-refractivity contribution in [3.8, 4) is 0 Å². The van der Waals surface area contributed by atoms with Gasteiger partial charge < -0.3 is 21.3 Å². The summed E-state index contributed by atoms with van der Waals surface area (Å²) >= 11 is 0. The van der Waals surface area contributed by atoms with Gasteiger partial charge in [-0.2, -0.15) is 0 Å². The van der Waals surface area contributed by atoms with E-state index in [1.165, 1.54) is 0 Å². The van der Waals surface area contributed by atoms with Gasteiger partial charge in [0, 0.05) is 29.0 Å². The Labute approximate surface area is 200 Å². The smallest absolute Gasteiger partial charge is 0.251 e. The van der Waals surface area contributed by atoms with Crippen LogP contribution in [0.5, 0.6) is 0 Å². The second kappa shape index (κ2) is 12.2. The van der Waals surface area contributed by atoms with Crippen LogP contribution < -0.4 is 21.3 Å². The second-order valence-corrected chi connectivity index (χ2v) is 7.92. The van der Waals surface area contributed by atoms with E-state index in [0.717, 1.165) is 17.7 Å². The molecule has 4 N–H and O–H groups in total. The van der Waals surface area contributed by atoms with Crippen molar-refractivity contribution in [2.24, 2.45) is 0 Å². The van der Waals surface area contributed by atoms with Crippen molar-refractivity contribution >= 4 is 29.1 Å². The summed E-state index contributed by atoms with van der Waals surface area (Å²) in [5, 5.41) is 11.6. The normalized spacial score (nSPS) is 11.2. The van der Waals surface area contributed by atoms with Gasteiger partial charge in [0.1, 0.15) is 0 Å². The first-order chi connectivity index (χ1) is 16.5. The first kappa shape index (κ1) is 24.5. The third-order valence-corrected chi connectivity index (χ3v) is 5.21. The predicted molar refractivity (Wildman–Crippen MR) is 135 cm³/mol. The number of anilines is 2. The standard InChI is InChI=1S/C27H30N4O3/c1-3-17-28-26(33)21-9-13-23(14-10-21)29-18-25(32)31-24-15-11-22(12-16-24)27(34)30-19(2)20-7-5-4-6-8-20/h4-16,19,29H,3,17-18H2,1-2H3,(H,28,33)(H,30,34)(H,31,32). The molecule has 0 spiro atoms. The van der Waals surface area contributed by atoms with Crippen molar-refractivity contribution in [2.75, 3.05) is 23.7 Å². The van der Waals surface area contributed by atoms with Gasteiger partial charge in [0.05, 0.1) is 12.6 Å². The average Bonchev–Trinajstić information content (AvgIpc) is 2.87. The number of carbonyl (C=O) groups is 3. The van der Waals surface area contributed by atoms with Crippen molar-refractivity contribution in [2.45, 2.75) is 26.3 Å². The second-order valence-electron chi connectivity index (χ2n) is 7.92. The zero-order valence-corrected chi connectivity index (χ0v) is 19.4. The number of rotatable bonds is 10. The summed E-state index contributed by atoms with van der Waals surface area (Å²) in [6.07, 6.45) is 0.879. The van der Waals surface area contributed by atoms with Crippen LogP contribution in [0.3, 0.4) is 0 Å². The van der Waals surface area contributed by atoms with E-state index in [2.05, 4.69) is 21.3 Å². The molecule has 0 radical (unpaired) electrons. The van der Waals surface area contributed by atoms with Gasteiger partial charge in [-0.15, -0.1) is 0 Å². The van der Waals surface area contributed by atoms with Crippen molar-refractivity contribution in [3.05, 3.63) is 95.6 Å². The Bertz CT molecular complexity index is 1100. The van der Waals surface area contributed by atoms with Crippen LogP contribution in [0.1, 0.15) is 52.6 Å². The summed E-state index contributed by atoms with van der Waals surface area (Å²) in [5.74, 6) is -0.514. The van der Waals surface area contributed by atoms with Crippen LogP contribution >= 0.6 is 0 Å². The van der Waals surface area contributed by atoms with Crippen LogP contribution in [0.4, 0.5) is 11.4 Å². The number of carbonyl (C=O) groups excluding carboxylic acids is 3. The predicted octanol–water partition coefficient (Wildman–Crippen LogP) is 4.37. The molecular weight excluding hydrogens is 428 g/mol. The summed E-state index contributed by atoms with van der Waals surface area (Å²) in [5.41, 5.74) is 3.46. The van der Waals surface area contributed by atoms with E-state index in [0.29, 0.717) is 23.4 Å². The molecule has 34 heavy (non-hydrogen) atoms. The topological polar surface area (TPSA) is 99.3 Å². The van der Waals surface area contributed by atoms with Crippen LogP contribution in [0.25, 0.3) is 0 Å². The first-order valence-electron chi connectivity index (χ1n) is 11.3. The number of nitrogens with one attached hydrogen (secondary N) is 4. The Hall–Kier alpha value is -4.13. The third kappa shape index (κ3) is 7.20. The highest BCUT2D eigenvalue weighted by molar-refractivity contribution is 5.97. The van der Waals surface area contributed by atoms with E-state index in [-0.39, 0.29) is 30.3 Å². The molecule has 3 rings (SSSR count). The van der Waals surface area contributed by atoms with E-state index in [1.54, 1.807) is 48.5 Å². The lowest BCUT2D eigenvalue weighted by Gasteiger charge is -2.14. The lowest BCUT2D eigenvalue weighted by atomic mass is 10.1. The highest BCUT2D eigenvalue weighted by Gasteiger charge is 2.12. The lowest BCUT2D eigenvalue weighted by Crippen LogP contribution is -2.26. The highest BCUT2D eigenvalue weighted by Crippen LogP contribution is 2.14. The zero-order valence-electron chi connectivity index (χ0n) is 19.4. The van der Waals surface area contributed by atoms with E-state index in [9.17, 15) is 14.4 Å². The Balaban J connectivity index is 1.46. The maximum atomic E-state index is 12.5. The van der Waals surface area contributed by atoms with Gasteiger partial charge in [-0.3, -0.25) is 14.4 Å². The summed E-state index contributed by atoms with van der Waals surface area (Å²) in [6.45, 7) is 4.64. The fourth-order valence-electron chi connectivity index (χ4n) is 3.28. The minimum absolute atomic E-state index is 0.0677. The van der Waals surface area contributed by atoms with Crippen molar-refractivity contribution in [3.63, 3.8) is 0 Å². The third-order valence-electron chi connectivity index (χ3n) is 5.21. The largest absolute Gasteiger partial charge is 0.376 e. The van der Waals surface area contributed by atoms with E-state index in [1.807, 2.05) is 44.2 Å². The minimum Gasteiger partial charge on any atom is -0.376 e. The highest BCUT2D eigenvalue weighted by atomic mass is 16.2. The number of hydrogen-bond donors (Lipinski definition) is 4. The summed E-state index contributed by atoms with van der Waals surface area (Å²) in [7, 11) is 0. The molecule has 3 amide bonds. The molecule has 0 aliphatic rings. The molecule has 1 atom stereocenters.